The Hall–Kier alpha value is -2.57. The normalized spacial score (nSPS) is 24.0. The molecule has 1 amide bonds. The number of carbonyl (C=O) groups is 1. The Bertz CT molecular complexity index is 892. The van der Waals surface area contributed by atoms with E-state index in [4.69, 9.17) is 14.0 Å². The SMILES string of the molecule is C[C@]1(Cc2ccc3c(c2)OCO3)CCC(=O)N(CCc2nc(C3CC3)no2)C1. The van der Waals surface area contributed by atoms with Crippen LogP contribution in [0.15, 0.2) is 22.7 Å². The van der Waals surface area contributed by atoms with Crippen molar-refractivity contribution in [3.8, 4) is 11.5 Å². The Balaban J connectivity index is 1.22. The van der Waals surface area contributed by atoms with Gasteiger partial charge in [0.25, 0.3) is 0 Å². The minimum absolute atomic E-state index is 0.0373. The van der Waals surface area contributed by atoms with Crippen LogP contribution in [0.1, 0.15) is 55.8 Å². The maximum absolute atomic E-state index is 12.5. The molecule has 2 aliphatic heterocycles. The lowest BCUT2D eigenvalue weighted by molar-refractivity contribution is -0.137. The maximum atomic E-state index is 12.5. The van der Waals surface area contributed by atoms with Crippen molar-refractivity contribution in [2.75, 3.05) is 19.9 Å². The van der Waals surface area contributed by atoms with Crippen LogP contribution < -0.4 is 9.47 Å². The van der Waals surface area contributed by atoms with Crippen LogP contribution >= 0.6 is 0 Å². The molecule has 5 rings (SSSR count). The Morgan fingerprint density at radius 2 is 2.11 bits per heavy atom. The summed E-state index contributed by atoms with van der Waals surface area (Å²) in [4.78, 5) is 18.9. The molecule has 2 aromatic rings. The van der Waals surface area contributed by atoms with Crippen LogP contribution in [0.4, 0.5) is 0 Å². The van der Waals surface area contributed by atoms with Gasteiger partial charge in [-0.15, -0.1) is 0 Å². The number of benzene rings is 1. The number of likely N-dealkylation sites (tertiary alicyclic amines) is 1. The zero-order valence-corrected chi connectivity index (χ0v) is 16.1. The summed E-state index contributed by atoms with van der Waals surface area (Å²) >= 11 is 0. The average Bonchev–Trinajstić information content (AvgIpc) is 3.24. The number of aromatic nitrogens is 2. The third-order valence-electron chi connectivity index (χ3n) is 5.96. The molecule has 0 spiro atoms. The van der Waals surface area contributed by atoms with Crippen molar-refractivity contribution in [1.29, 1.82) is 0 Å². The van der Waals surface area contributed by atoms with Crippen LogP contribution in [0.3, 0.4) is 0 Å². The lowest BCUT2D eigenvalue weighted by Crippen LogP contribution is -2.46. The number of hydrogen-bond acceptors (Lipinski definition) is 6. The first-order valence-electron chi connectivity index (χ1n) is 10.1. The van der Waals surface area contributed by atoms with E-state index < -0.39 is 0 Å². The quantitative estimate of drug-likeness (QED) is 0.763. The van der Waals surface area contributed by atoms with Gasteiger partial charge in [0.15, 0.2) is 17.3 Å². The van der Waals surface area contributed by atoms with Gasteiger partial charge in [0.05, 0.1) is 0 Å². The van der Waals surface area contributed by atoms with Crippen LogP contribution in [0.25, 0.3) is 0 Å². The highest BCUT2D eigenvalue weighted by Gasteiger charge is 2.35. The molecule has 0 N–H and O–H groups in total. The number of carbonyl (C=O) groups excluding carboxylic acids is 1. The van der Waals surface area contributed by atoms with Gasteiger partial charge in [-0.2, -0.15) is 4.98 Å². The molecule has 3 heterocycles. The molecule has 7 heteroatoms. The van der Waals surface area contributed by atoms with E-state index in [1.54, 1.807) is 0 Å². The minimum atomic E-state index is 0.0373. The van der Waals surface area contributed by atoms with Crippen molar-refractivity contribution >= 4 is 5.91 Å². The molecule has 28 heavy (non-hydrogen) atoms. The summed E-state index contributed by atoms with van der Waals surface area (Å²) in [6.45, 7) is 3.91. The highest BCUT2D eigenvalue weighted by molar-refractivity contribution is 5.77. The van der Waals surface area contributed by atoms with Crippen molar-refractivity contribution in [2.45, 2.75) is 51.4 Å². The summed E-state index contributed by atoms with van der Waals surface area (Å²) in [7, 11) is 0. The highest BCUT2D eigenvalue weighted by atomic mass is 16.7. The smallest absolute Gasteiger partial charge is 0.231 e. The molecule has 1 aliphatic carbocycles. The van der Waals surface area contributed by atoms with Gasteiger partial charge in [-0.1, -0.05) is 18.1 Å². The van der Waals surface area contributed by atoms with Gasteiger partial charge in [0.1, 0.15) is 0 Å². The summed E-state index contributed by atoms with van der Waals surface area (Å²) in [5.41, 5.74) is 1.25. The van der Waals surface area contributed by atoms with E-state index in [1.807, 2.05) is 11.0 Å². The van der Waals surface area contributed by atoms with E-state index in [0.29, 0.717) is 31.2 Å². The molecule has 1 saturated heterocycles. The van der Waals surface area contributed by atoms with Gasteiger partial charge >= 0.3 is 0 Å². The summed E-state index contributed by atoms with van der Waals surface area (Å²) in [5, 5.41) is 4.06. The van der Waals surface area contributed by atoms with Crippen molar-refractivity contribution in [2.24, 2.45) is 5.41 Å². The summed E-state index contributed by atoms with van der Waals surface area (Å²) < 4.78 is 16.3. The molecule has 0 radical (unpaired) electrons. The van der Waals surface area contributed by atoms with Gasteiger partial charge < -0.3 is 18.9 Å². The first-order valence-corrected chi connectivity index (χ1v) is 10.1. The molecule has 1 saturated carbocycles. The molecule has 2 fully saturated rings. The Morgan fingerprint density at radius 3 is 2.96 bits per heavy atom. The fraction of sp³-hybridized carbons (Fsp3) is 0.571. The molecule has 3 aliphatic rings. The molecule has 0 bridgehead atoms. The fourth-order valence-corrected chi connectivity index (χ4v) is 4.19. The number of hydrogen-bond donors (Lipinski definition) is 0. The van der Waals surface area contributed by atoms with Crippen LogP contribution in [0, 0.1) is 5.41 Å². The van der Waals surface area contributed by atoms with Gasteiger partial charge in [-0.25, -0.2) is 0 Å². The Kier molecular flexibility index (Phi) is 4.25. The highest BCUT2D eigenvalue weighted by Crippen LogP contribution is 2.39. The molecule has 1 atom stereocenters. The van der Waals surface area contributed by atoms with E-state index in [1.165, 1.54) is 5.56 Å². The predicted molar refractivity (Wildman–Crippen MR) is 100 cm³/mol. The van der Waals surface area contributed by atoms with Crippen molar-refractivity contribution in [3.05, 3.63) is 35.5 Å². The number of rotatable bonds is 6. The van der Waals surface area contributed by atoms with E-state index in [9.17, 15) is 4.79 Å². The number of amides is 1. The molecular formula is C21H25N3O4. The van der Waals surface area contributed by atoms with Crippen molar-refractivity contribution < 1.29 is 18.8 Å². The van der Waals surface area contributed by atoms with Gasteiger partial charge in [0, 0.05) is 31.8 Å². The number of nitrogens with zero attached hydrogens (tertiary/aromatic N) is 3. The second-order valence-electron chi connectivity index (χ2n) is 8.56. The molecule has 1 aromatic carbocycles. The number of piperidine rings is 1. The molecular weight excluding hydrogens is 358 g/mol. The lowest BCUT2D eigenvalue weighted by atomic mass is 9.76. The largest absolute Gasteiger partial charge is 0.454 e. The summed E-state index contributed by atoms with van der Waals surface area (Å²) in [5.74, 6) is 3.78. The van der Waals surface area contributed by atoms with E-state index >= 15 is 0 Å². The maximum Gasteiger partial charge on any atom is 0.231 e. The van der Waals surface area contributed by atoms with Crippen LogP contribution in [0.5, 0.6) is 11.5 Å². The second kappa shape index (κ2) is 6.79. The molecule has 7 nitrogen and oxygen atoms in total. The van der Waals surface area contributed by atoms with Gasteiger partial charge in [0.2, 0.25) is 18.6 Å². The fourth-order valence-electron chi connectivity index (χ4n) is 4.19. The zero-order valence-electron chi connectivity index (χ0n) is 16.1. The number of fused-ring (bicyclic) bond motifs is 1. The van der Waals surface area contributed by atoms with Crippen molar-refractivity contribution in [3.63, 3.8) is 0 Å². The molecule has 148 valence electrons. The first-order chi connectivity index (χ1) is 13.6. The Labute approximate surface area is 164 Å². The summed E-state index contributed by atoms with van der Waals surface area (Å²) in [6.07, 6.45) is 5.30. The Morgan fingerprint density at radius 1 is 1.25 bits per heavy atom. The second-order valence-corrected chi connectivity index (χ2v) is 8.56. The first kappa shape index (κ1) is 17.5. The predicted octanol–water partition coefficient (Wildman–Crippen LogP) is 3.09. The zero-order chi connectivity index (χ0) is 19.1. The molecule has 1 aromatic heterocycles. The average molecular weight is 383 g/mol. The van der Waals surface area contributed by atoms with Crippen LogP contribution in [-0.4, -0.2) is 40.8 Å². The third kappa shape index (κ3) is 3.57. The topological polar surface area (TPSA) is 77.7 Å². The van der Waals surface area contributed by atoms with Crippen LogP contribution in [0.2, 0.25) is 0 Å². The number of ether oxygens (including phenoxy) is 2. The molecule has 0 unspecified atom stereocenters. The summed E-state index contributed by atoms with van der Waals surface area (Å²) in [6, 6.07) is 6.13. The van der Waals surface area contributed by atoms with E-state index in [0.717, 1.165) is 49.6 Å². The van der Waals surface area contributed by atoms with Gasteiger partial charge in [-0.3, -0.25) is 4.79 Å². The standard InChI is InChI=1S/C21H25N3O4/c1-21(11-14-2-5-16-17(10-14)27-13-26-16)8-6-19(25)24(12-21)9-7-18-22-20(23-28-18)15-3-4-15/h2,5,10,15H,3-4,6-9,11-13H2,1H3/t21-/m1/s1. The van der Waals surface area contributed by atoms with E-state index in [2.05, 4.69) is 29.2 Å². The van der Waals surface area contributed by atoms with Crippen molar-refractivity contribution in [1.82, 2.24) is 15.0 Å². The minimum Gasteiger partial charge on any atom is -0.454 e. The monoisotopic (exact) mass is 383 g/mol. The van der Waals surface area contributed by atoms with E-state index in [-0.39, 0.29) is 18.1 Å². The van der Waals surface area contributed by atoms with Gasteiger partial charge in [-0.05, 0) is 48.8 Å². The van der Waals surface area contributed by atoms with Crippen LogP contribution in [-0.2, 0) is 17.6 Å². The third-order valence-corrected chi connectivity index (χ3v) is 5.96. The lowest BCUT2D eigenvalue weighted by Gasteiger charge is -2.40.